The molecule has 1 aromatic heterocycles. The average Bonchev–Trinajstić information content (AvgIpc) is 2.57. The van der Waals surface area contributed by atoms with Gasteiger partial charge in [0.1, 0.15) is 22.2 Å². The lowest BCUT2D eigenvalue weighted by Gasteiger charge is -2.24. The number of halogens is 2. The second-order valence-electron chi connectivity index (χ2n) is 7.90. The zero-order valence-corrected chi connectivity index (χ0v) is 18.5. The summed E-state index contributed by atoms with van der Waals surface area (Å²) in [5.74, 6) is -1.03. The van der Waals surface area contributed by atoms with Crippen molar-refractivity contribution >= 4 is 46.2 Å². The van der Waals surface area contributed by atoms with Gasteiger partial charge in [0.05, 0.1) is 5.02 Å². The molecule has 0 aliphatic carbocycles. The molecule has 0 fully saturated rings. The van der Waals surface area contributed by atoms with Gasteiger partial charge in [-0.3, -0.25) is 0 Å². The first-order chi connectivity index (χ1) is 13.3. The molecule has 1 aromatic carbocycles. The van der Waals surface area contributed by atoms with E-state index in [1.54, 1.807) is 41.5 Å². The Morgan fingerprint density at radius 1 is 1.17 bits per heavy atom. The molecule has 7 nitrogen and oxygen atoms in total. The van der Waals surface area contributed by atoms with Crippen molar-refractivity contribution in [3.63, 3.8) is 0 Å². The van der Waals surface area contributed by atoms with Gasteiger partial charge < -0.3 is 19.2 Å². The minimum absolute atomic E-state index is 0.00863. The zero-order chi connectivity index (χ0) is 22.1. The first-order valence-corrected chi connectivity index (χ1v) is 9.69. The van der Waals surface area contributed by atoms with Crippen molar-refractivity contribution in [3.05, 3.63) is 38.2 Å². The van der Waals surface area contributed by atoms with Crippen LogP contribution in [0.1, 0.15) is 40.2 Å². The Kier molecular flexibility index (Phi) is 6.86. The van der Waals surface area contributed by atoms with Gasteiger partial charge in [0, 0.05) is 11.5 Å². The van der Waals surface area contributed by atoms with E-state index in [1.807, 2.05) is 0 Å². The van der Waals surface area contributed by atoms with E-state index in [2.05, 4.69) is 5.32 Å². The van der Waals surface area contributed by atoms with Gasteiger partial charge in [-0.1, -0.05) is 37.0 Å². The quantitative estimate of drug-likeness (QED) is 0.411. The van der Waals surface area contributed by atoms with Gasteiger partial charge in [-0.15, -0.1) is 0 Å². The molecule has 9 heteroatoms. The highest BCUT2D eigenvalue weighted by atomic mass is 35.5. The number of benzene rings is 1. The Hall–Kier alpha value is -2.25. The fourth-order valence-corrected chi connectivity index (χ4v) is 2.85. The predicted octanol–water partition coefficient (Wildman–Crippen LogP) is 4.86. The number of amides is 1. The number of rotatable bonds is 4. The number of hydrogen-bond acceptors (Lipinski definition) is 6. The summed E-state index contributed by atoms with van der Waals surface area (Å²) in [7, 11) is 0. The van der Waals surface area contributed by atoms with Gasteiger partial charge in [0.25, 0.3) is 0 Å². The van der Waals surface area contributed by atoms with Crippen molar-refractivity contribution in [1.29, 1.82) is 0 Å². The third-order valence-electron chi connectivity index (χ3n) is 3.95. The topological polar surface area (TPSA) is 94.8 Å². The van der Waals surface area contributed by atoms with Gasteiger partial charge in [-0.05, 0) is 45.2 Å². The molecular weight excluding hydrogens is 421 g/mol. The minimum Gasteiger partial charge on any atom is -0.444 e. The molecule has 0 aliphatic heterocycles. The van der Waals surface area contributed by atoms with Crippen LogP contribution in [0.5, 0.6) is 5.75 Å². The van der Waals surface area contributed by atoms with Crippen molar-refractivity contribution < 1.29 is 23.5 Å². The predicted molar refractivity (Wildman–Crippen MR) is 111 cm³/mol. The summed E-state index contributed by atoms with van der Waals surface area (Å²) < 4.78 is 15.7. The Balaban J connectivity index is 2.30. The summed E-state index contributed by atoms with van der Waals surface area (Å²) in [5.41, 5.74) is -0.744. The van der Waals surface area contributed by atoms with E-state index in [1.165, 1.54) is 12.1 Å². The molecule has 1 amide bonds. The standard InChI is InChI=1S/C20H23Cl2NO6/c1-9(2)16(23-19(26)29-20(4,5)6)18(25)28-14-8-13-11(7-12(14)21)10(3)15(22)17(24)27-13/h7-9,16H,1-6H3,(H,23,26)/t16-/m0/s1. The number of nitrogens with one attached hydrogen (secondary N) is 1. The van der Waals surface area contributed by atoms with Crippen LogP contribution in [0.4, 0.5) is 4.79 Å². The van der Waals surface area contributed by atoms with E-state index in [0.717, 1.165) is 0 Å². The molecule has 29 heavy (non-hydrogen) atoms. The normalized spacial score (nSPS) is 12.7. The van der Waals surface area contributed by atoms with E-state index >= 15 is 0 Å². The molecule has 0 spiro atoms. The Labute approximate surface area is 178 Å². The lowest BCUT2D eigenvalue weighted by atomic mass is 10.1. The van der Waals surface area contributed by atoms with Crippen molar-refractivity contribution in [3.8, 4) is 5.75 Å². The molecule has 0 aliphatic rings. The van der Waals surface area contributed by atoms with Crippen LogP contribution >= 0.6 is 23.2 Å². The van der Waals surface area contributed by atoms with Crippen LogP contribution in [0.15, 0.2) is 21.3 Å². The van der Waals surface area contributed by atoms with Gasteiger partial charge in [-0.2, -0.15) is 0 Å². The maximum atomic E-state index is 12.7. The fourth-order valence-electron chi connectivity index (χ4n) is 2.51. The monoisotopic (exact) mass is 443 g/mol. The number of carbonyl (C=O) groups is 2. The summed E-state index contributed by atoms with van der Waals surface area (Å²) >= 11 is 12.2. The Morgan fingerprint density at radius 2 is 1.79 bits per heavy atom. The zero-order valence-electron chi connectivity index (χ0n) is 17.0. The summed E-state index contributed by atoms with van der Waals surface area (Å²) in [4.78, 5) is 36.5. The van der Waals surface area contributed by atoms with E-state index in [9.17, 15) is 14.4 Å². The SMILES string of the molecule is Cc1c(Cl)c(=O)oc2cc(OC(=O)[C@@H](NC(=O)OC(C)(C)C)C(C)C)c(Cl)cc12. The lowest BCUT2D eigenvalue weighted by Crippen LogP contribution is -2.48. The van der Waals surface area contributed by atoms with Crippen molar-refractivity contribution in [1.82, 2.24) is 5.32 Å². The molecule has 0 radical (unpaired) electrons. The van der Waals surface area contributed by atoms with Gasteiger partial charge in [0.15, 0.2) is 5.75 Å². The number of aryl methyl sites for hydroxylation is 1. The molecule has 0 saturated heterocycles. The molecule has 1 atom stereocenters. The second kappa shape index (κ2) is 8.63. The molecular formula is C20H23Cl2NO6. The highest BCUT2D eigenvalue weighted by molar-refractivity contribution is 6.34. The van der Waals surface area contributed by atoms with Crippen LogP contribution < -0.4 is 15.7 Å². The fraction of sp³-hybridized carbons (Fsp3) is 0.450. The molecule has 0 unspecified atom stereocenters. The number of fused-ring (bicyclic) bond motifs is 1. The molecule has 2 rings (SSSR count). The van der Waals surface area contributed by atoms with E-state index in [0.29, 0.717) is 10.9 Å². The van der Waals surface area contributed by atoms with Gasteiger partial charge in [-0.25, -0.2) is 14.4 Å². The highest BCUT2D eigenvalue weighted by Crippen LogP contribution is 2.33. The minimum atomic E-state index is -0.976. The second-order valence-corrected chi connectivity index (χ2v) is 8.68. The van der Waals surface area contributed by atoms with Gasteiger partial charge in [0.2, 0.25) is 0 Å². The van der Waals surface area contributed by atoms with E-state index < -0.39 is 29.3 Å². The number of carbonyl (C=O) groups excluding carboxylic acids is 2. The average molecular weight is 444 g/mol. The van der Waals surface area contributed by atoms with Crippen molar-refractivity contribution in [2.45, 2.75) is 53.2 Å². The summed E-state index contributed by atoms with van der Waals surface area (Å²) in [6, 6.07) is 1.86. The molecule has 1 N–H and O–H groups in total. The first kappa shape index (κ1) is 23.0. The summed E-state index contributed by atoms with van der Waals surface area (Å²) in [5, 5.41) is 3.11. The molecule has 0 bridgehead atoms. The van der Waals surface area contributed by atoms with Crippen LogP contribution in [0, 0.1) is 12.8 Å². The smallest absolute Gasteiger partial charge is 0.408 e. The maximum Gasteiger partial charge on any atom is 0.408 e. The lowest BCUT2D eigenvalue weighted by molar-refractivity contribution is -0.137. The van der Waals surface area contributed by atoms with Crippen molar-refractivity contribution in [2.24, 2.45) is 5.92 Å². The van der Waals surface area contributed by atoms with Gasteiger partial charge >= 0.3 is 17.7 Å². The Bertz CT molecular complexity index is 1010. The van der Waals surface area contributed by atoms with Crippen LogP contribution in [0.25, 0.3) is 11.0 Å². The van der Waals surface area contributed by atoms with Crippen molar-refractivity contribution in [2.75, 3.05) is 0 Å². The summed E-state index contributed by atoms with van der Waals surface area (Å²) in [6.07, 6.45) is -0.742. The third kappa shape index (κ3) is 5.64. The molecule has 1 heterocycles. The van der Waals surface area contributed by atoms with E-state index in [-0.39, 0.29) is 27.3 Å². The number of esters is 1. The van der Waals surface area contributed by atoms with Crippen LogP contribution in [0.2, 0.25) is 10.0 Å². The molecule has 2 aromatic rings. The first-order valence-electron chi connectivity index (χ1n) is 8.94. The number of alkyl carbamates (subject to hydrolysis) is 1. The largest absolute Gasteiger partial charge is 0.444 e. The maximum absolute atomic E-state index is 12.7. The van der Waals surface area contributed by atoms with Crippen LogP contribution in [0.3, 0.4) is 0 Å². The Morgan fingerprint density at radius 3 is 2.34 bits per heavy atom. The molecule has 158 valence electrons. The summed E-state index contributed by atoms with van der Waals surface area (Å²) in [6.45, 7) is 10.3. The number of hydrogen-bond donors (Lipinski definition) is 1. The van der Waals surface area contributed by atoms with Crippen LogP contribution in [-0.4, -0.2) is 23.7 Å². The van der Waals surface area contributed by atoms with Crippen LogP contribution in [-0.2, 0) is 9.53 Å². The van der Waals surface area contributed by atoms with E-state index in [4.69, 9.17) is 37.1 Å². The highest BCUT2D eigenvalue weighted by Gasteiger charge is 2.29. The molecule has 0 saturated carbocycles. The third-order valence-corrected chi connectivity index (χ3v) is 4.69. The number of ether oxygens (including phenoxy) is 2.